The Morgan fingerprint density at radius 2 is 1.89 bits per heavy atom. The molecule has 0 saturated carbocycles. The SMILES string of the molecule is CCc1ccccc1N(CCC(=O)Nc1cc(C)ccc1OC)S(C)(=O)=O. The summed E-state index contributed by atoms with van der Waals surface area (Å²) in [5.74, 6) is 0.284. The van der Waals surface area contributed by atoms with E-state index in [2.05, 4.69) is 5.32 Å². The van der Waals surface area contributed by atoms with Crippen LogP contribution in [0.1, 0.15) is 24.5 Å². The normalized spacial score (nSPS) is 11.1. The van der Waals surface area contributed by atoms with Crippen LogP contribution in [0.3, 0.4) is 0 Å². The highest BCUT2D eigenvalue weighted by atomic mass is 32.2. The number of carbonyl (C=O) groups excluding carboxylic acids is 1. The van der Waals surface area contributed by atoms with Gasteiger partial charge in [0.2, 0.25) is 15.9 Å². The molecule has 2 rings (SSSR count). The number of para-hydroxylation sites is 1. The van der Waals surface area contributed by atoms with Crippen LogP contribution in [0.15, 0.2) is 42.5 Å². The molecule has 7 heteroatoms. The number of hydrogen-bond acceptors (Lipinski definition) is 4. The highest BCUT2D eigenvalue weighted by molar-refractivity contribution is 7.92. The molecule has 2 aromatic carbocycles. The molecule has 0 saturated heterocycles. The van der Waals surface area contributed by atoms with Gasteiger partial charge in [-0.15, -0.1) is 0 Å². The van der Waals surface area contributed by atoms with Crippen LogP contribution < -0.4 is 14.4 Å². The van der Waals surface area contributed by atoms with Gasteiger partial charge in [-0.2, -0.15) is 0 Å². The lowest BCUT2D eigenvalue weighted by Gasteiger charge is -2.24. The Bertz CT molecular complexity index is 910. The molecule has 0 aromatic heterocycles. The number of rotatable bonds is 8. The van der Waals surface area contributed by atoms with E-state index in [0.29, 0.717) is 23.5 Å². The van der Waals surface area contributed by atoms with Crippen LogP contribution in [-0.2, 0) is 21.2 Å². The van der Waals surface area contributed by atoms with E-state index in [1.807, 2.05) is 38.1 Å². The zero-order valence-corrected chi connectivity index (χ0v) is 17.0. The third-order valence-corrected chi connectivity index (χ3v) is 5.39. The van der Waals surface area contributed by atoms with Gasteiger partial charge in [-0.1, -0.05) is 31.2 Å². The molecule has 0 aliphatic carbocycles. The Hall–Kier alpha value is -2.54. The summed E-state index contributed by atoms with van der Waals surface area (Å²) in [4.78, 5) is 12.4. The van der Waals surface area contributed by atoms with E-state index in [9.17, 15) is 13.2 Å². The topological polar surface area (TPSA) is 75.7 Å². The number of sulfonamides is 1. The highest BCUT2D eigenvalue weighted by Gasteiger charge is 2.21. The van der Waals surface area contributed by atoms with Crippen LogP contribution in [0, 0.1) is 6.92 Å². The molecular formula is C20H26N2O4S. The standard InChI is InChI=1S/C20H26N2O4S/c1-5-16-8-6-7-9-18(16)22(27(4,24)25)13-12-20(23)21-17-14-15(2)10-11-19(17)26-3/h6-11,14H,5,12-13H2,1-4H3,(H,21,23). The molecule has 27 heavy (non-hydrogen) atoms. The van der Waals surface area contributed by atoms with Crippen molar-refractivity contribution in [3.8, 4) is 5.75 Å². The van der Waals surface area contributed by atoms with Crippen molar-refractivity contribution in [1.82, 2.24) is 0 Å². The van der Waals surface area contributed by atoms with Gasteiger partial charge in [-0.25, -0.2) is 8.42 Å². The van der Waals surface area contributed by atoms with Crippen molar-refractivity contribution >= 4 is 27.3 Å². The monoisotopic (exact) mass is 390 g/mol. The first-order valence-corrected chi connectivity index (χ1v) is 10.6. The second-order valence-corrected chi connectivity index (χ2v) is 8.23. The summed E-state index contributed by atoms with van der Waals surface area (Å²) in [6.45, 7) is 3.95. The molecule has 0 heterocycles. The molecule has 1 amide bonds. The summed E-state index contributed by atoms with van der Waals surface area (Å²) in [5.41, 5.74) is 3.09. The second-order valence-electron chi connectivity index (χ2n) is 6.32. The van der Waals surface area contributed by atoms with Crippen LogP contribution in [-0.4, -0.2) is 34.2 Å². The van der Waals surface area contributed by atoms with Crippen LogP contribution in [0.25, 0.3) is 0 Å². The molecule has 0 fully saturated rings. The van der Waals surface area contributed by atoms with Gasteiger partial charge in [0, 0.05) is 13.0 Å². The molecule has 6 nitrogen and oxygen atoms in total. The van der Waals surface area contributed by atoms with Crippen LogP contribution in [0.5, 0.6) is 5.75 Å². The Balaban J connectivity index is 2.16. The minimum atomic E-state index is -3.51. The Labute approximate surface area is 161 Å². The highest BCUT2D eigenvalue weighted by Crippen LogP contribution is 2.26. The number of benzene rings is 2. The number of anilines is 2. The summed E-state index contributed by atoms with van der Waals surface area (Å²) in [6, 6.07) is 12.8. The summed E-state index contributed by atoms with van der Waals surface area (Å²) < 4.78 is 31.1. The van der Waals surface area contributed by atoms with E-state index in [1.54, 1.807) is 18.2 Å². The van der Waals surface area contributed by atoms with Crippen molar-refractivity contribution < 1.29 is 17.9 Å². The van der Waals surface area contributed by atoms with Crippen LogP contribution >= 0.6 is 0 Å². The maximum absolute atomic E-state index is 12.4. The summed E-state index contributed by atoms with van der Waals surface area (Å²) in [5, 5.41) is 2.80. The number of nitrogens with one attached hydrogen (secondary N) is 1. The number of carbonyl (C=O) groups is 1. The molecule has 146 valence electrons. The van der Waals surface area contributed by atoms with E-state index in [4.69, 9.17) is 4.74 Å². The third-order valence-electron chi connectivity index (χ3n) is 4.21. The molecule has 0 aliphatic heterocycles. The summed E-state index contributed by atoms with van der Waals surface area (Å²) in [6.07, 6.45) is 1.89. The smallest absolute Gasteiger partial charge is 0.232 e. The first-order valence-electron chi connectivity index (χ1n) is 8.76. The minimum absolute atomic E-state index is 0.0300. The van der Waals surface area contributed by atoms with Crippen molar-refractivity contribution in [2.45, 2.75) is 26.7 Å². The molecule has 0 unspecified atom stereocenters. The molecule has 0 aliphatic rings. The Morgan fingerprint density at radius 3 is 2.52 bits per heavy atom. The van der Waals surface area contributed by atoms with Gasteiger partial charge in [0.15, 0.2) is 0 Å². The molecule has 0 radical (unpaired) electrons. The van der Waals surface area contributed by atoms with Gasteiger partial charge in [0.05, 0.1) is 24.7 Å². The molecule has 2 aromatic rings. The van der Waals surface area contributed by atoms with Gasteiger partial charge < -0.3 is 10.1 Å². The maximum atomic E-state index is 12.4. The van der Waals surface area contributed by atoms with Crippen LogP contribution in [0.4, 0.5) is 11.4 Å². The number of methoxy groups -OCH3 is 1. The van der Waals surface area contributed by atoms with Gasteiger partial charge in [0.1, 0.15) is 5.75 Å². The molecule has 1 N–H and O–H groups in total. The van der Waals surface area contributed by atoms with E-state index in [-0.39, 0.29) is 18.9 Å². The van der Waals surface area contributed by atoms with E-state index in [1.165, 1.54) is 11.4 Å². The zero-order chi connectivity index (χ0) is 20.0. The van der Waals surface area contributed by atoms with Gasteiger partial charge >= 0.3 is 0 Å². The number of aryl methyl sites for hydroxylation is 2. The van der Waals surface area contributed by atoms with E-state index in [0.717, 1.165) is 17.4 Å². The van der Waals surface area contributed by atoms with Gasteiger partial charge in [0.25, 0.3) is 0 Å². The summed E-state index contributed by atoms with van der Waals surface area (Å²) in [7, 11) is -1.97. The first-order chi connectivity index (χ1) is 12.8. The quantitative estimate of drug-likeness (QED) is 0.750. The lowest BCUT2D eigenvalue weighted by atomic mass is 10.1. The van der Waals surface area contributed by atoms with E-state index >= 15 is 0 Å². The second kappa shape index (κ2) is 8.90. The number of nitrogens with zero attached hydrogens (tertiary/aromatic N) is 1. The Morgan fingerprint density at radius 1 is 1.19 bits per heavy atom. The maximum Gasteiger partial charge on any atom is 0.232 e. The number of ether oxygens (including phenoxy) is 1. The largest absolute Gasteiger partial charge is 0.495 e. The van der Waals surface area contributed by atoms with Crippen molar-refractivity contribution in [2.75, 3.05) is 29.5 Å². The minimum Gasteiger partial charge on any atom is -0.495 e. The lowest BCUT2D eigenvalue weighted by Crippen LogP contribution is -2.33. The van der Waals surface area contributed by atoms with Gasteiger partial charge in [-0.3, -0.25) is 9.10 Å². The Kier molecular flexibility index (Phi) is 6.85. The summed E-state index contributed by atoms with van der Waals surface area (Å²) >= 11 is 0. The van der Waals surface area contributed by atoms with Crippen molar-refractivity contribution in [3.63, 3.8) is 0 Å². The van der Waals surface area contributed by atoms with Crippen molar-refractivity contribution in [3.05, 3.63) is 53.6 Å². The zero-order valence-electron chi connectivity index (χ0n) is 16.2. The van der Waals surface area contributed by atoms with Crippen LogP contribution in [0.2, 0.25) is 0 Å². The predicted octanol–water partition coefficient (Wildman–Crippen LogP) is 3.36. The fraction of sp³-hybridized carbons (Fsp3) is 0.350. The van der Waals surface area contributed by atoms with E-state index < -0.39 is 10.0 Å². The molecule has 0 atom stereocenters. The molecule has 0 spiro atoms. The van der Waals surface area contributed by atoms with Gasteiger partial charge in [-0.05, 0) is 42.7 Å². The molecular weight excluding hydrogens is 364 g/mol. The predicted molar refractivity (Wildman–Crippen MR) is 109 cm³/mol. The molecule has 0 bridgehead atoms. The third kappa shape index (κ3) is 5.47. The number of hydrogen-bond donors (Lipinski definition) is 1. The average molecular weight is 391 g/mol. The fourth-order valence-electron chi connectivity index (χ4n) is 2.85. The average Bonchev–Trinajstić information content (AvgIpc) is 2.61. The lowest BCUT2D eigenvalue weighted by molar-refractivity contribution is -0.116. The number of amides is 1. The first kappa shape index (κ1) is 20.8. The van der Waals surface area contributed by atoms with Crippen molar-refractivity contribution in [1.29, 1.82) is 0 Å². The fourth-order valence-corrected chi connectivity index (χ4v) is 3.81. The van der Waals surface area contributed by atoms with Crippen molar-refractivity contribution in [2.24, 2.45) is 0 Å².